The number of aromatic amines is 1. The van der Waals surface area contributed by atoms with Crippen molar-refractivity contribution in [2.24, 2.45) is 0 Å². The molecular weight excluding hydrogens is 419 g/mol. The number of halogens is 1. The van der Waals surface area contributed by atoms with Gasteiger partial charge in [-0.15, -0.1) is 10.2 Å². The topological polar surface area (TPSA) is 90.0 Å². The van der Waals surface area contributed by atoms with Crippen LogP contribution < -0.4 is 10.2 Å². The Labute approximate surface area is 193 Å². The number of rotatable bonds is 6. The summed E-state index contributed by atoms with van der Waals surface area (Å²) in [6.07, 6.45) is 8.91. The molecule has 174 valence electrons. The average molecular weight is 451 g/mol. The number of benzene rings is 1. The molecule has 2 aliphatic rings. The van der Waals surface area contributed by atoms with Gasteiger partial charge in [0.1, 0.15) is 12.4 Å². The first-order valence-corrected chi connectivity index (χ1v) is 11.7. The number of nitrogens with one attached hydrogen (secondary N) is 2. The van der Waals surface area contributed by atoms with E-state index in [-0.39, 0.29) is 22.9 Å². The van der Waals surface area contributed by atoms with Crippen LogP contribution in [0.4, 0.5) is 10.2 Å². The fourth-order valence-corrected chi connectivity index (χ4v) is 5.89. The molecule has 2 bridgehead atoms. The van der Waals surface area contributed by atoms with Crippen LogP contribution in [-0.4, -0.2) is 55.8 Å². The lowest BCUT2D eigenvalue weighted by Crippen LogP contribution is -2.67. The zero-order valence-electron chi connectivity index (χ0n) is 19.2. The number of alkyl halides is 1. The quantitative estimate of drug-likeness (QED) is 0.513. The average Bonchev–Trinajstić information content (AvgIpc) is 3.31. The molecule has 3 aromatic rings. The Morgan fingerprint density at radius 1 is 1.09 bits per heavy atom. The Bertz CT molecular complexity index is 1090. The summed E-state index contributed by atoms with van der Waals surface area (Å²) < 4.78 is 13.6. The van der Waals surface area contributed by atoms with Gasteiger partial charge in [0.15, 0.2) is 5.82 Å². The Morgan fingerprint density at radius 2 is 1.88 bits per heavy atom. The van der Waals surface area contributed by atoms with E-state index in [4.69, 9.17) is 0 Å². The standard InChI is InChI=1S/C25H31FN6O/c1-24-8-3-9-25(2,31-24)14-19(13-24)32(11-10-26)23-7-6-21(29-30-23)20-5-4-17(12-22(20)33)18-15-27-28-16-18/h4-7,12,15-16,19,31,33H,3,8-11,13-14H2,1-2H3,(H,27,28)/t19?,24-,25+. The second-order valence-electron chi connectivity index (χ2n) is 10.0. The van der Waals surface area contributed by atoms with Crippen LogP contribution in [0, 0.1) is 0 Å². The van der Waals surface area contributed by atoms with Gasteiger partial charge in [0.25, 0.3) is 0 Å². The molecule has 2 saturated heterocycles. The summed E-state index contributed by atoms with van der Waals surface area (Å²) in [5, 5.41) is 30.0. The number of aromatic nitrogens is 4. The second kappa shape index (κ2) is 8.41. The minimum absolute atomic E-state index is 0.0698. The highest BCUT2D eigenvalue weighted by atomic mass is 19.1. The van der Waals surface area contributed by atoms with Gasteiger partial charge in [0.05, 0.1) is 11.9 Å². The third-order valence-corrected chi connectivity index (χ3v) is 7.25. The normalized spacial score (nSPS) is 26.8. The molecule has 5 rings (SSSR count). The van der Waals surface area contributed by atoms with E-state index in [2.05, 4.69) is 44.5 Å². The van der Waals surface area contributed by atoms with Gasteiger partial charge in [-0.2, -0.15) is 5.10 Å². The predicted molar refractivity (Wildman–Crippen MR) is 127 cm³/mol. The molecule has 4 heterocycles. The lowest BCUT2D eigenvalue weighted by Gasteiger charge is -2.55. The first-order chi connectivity index (χ1) is 15.9. The van der Waals surface area contributed by atoms with Gasteiger partial charge in [-0.1, -0.05) is 6.07 Å². The van der Waals surface area contributed by atoms with E-state index >= 15 is 0 Å². The number of fused-ring (bicyclic) bond motifs is 2. The summed E-state index contributed by atoms with van der Waals surface area (Å²) in [5.74, 6) is 0.812. The smallest absolute Gasteiger partial charge is 0.151 e. The van der Waals surface area contributed by atoms with E-state index in [0.29, 0.717) is 23.6 Å². The molecule has 3 atom stereocenters. The van der Waals surface area contributed by atoms with Gasteiger partial charge in [0, 0.05) is 41.0 Å². The molecule has 0 spiro atoms. The Balaban J connectivity index is 1.39. The second-order valence-corrected chi connectivity index (χ2v) is 10.0. The van der Waals surface area contributed by atoms with Crippen molar-refractivity contribution in [3.63, 3.8) is 0 Å². The van der Waals surface area contributed by atoms with Crippen molar-refractivity contribution in [3.8, 4) is 28.1 Å². The number of phenols is 1. The predicted octanol–water partition coefficient (Wildman–Crippen LogP) is 4.47. The van der Waals surface area contributed by atoms with Crippen molar-refractivity contribution in [3.05, 3.63) is 42.7 Å². The molecule has 2 aromatic heterocycles. The molecule has 2 aliphatic heterocycles. The lowest BCUT2D eigenvalue weighted by atomic mass is 9.69. The maximum Gasteiger partial charge on any atom is 0.151 e. The number of hydrogen-bond acceptors (Lipinski definition) is 6. The monoisotopic (exact) mass is 450 g/mol. The molecule has 3 N–H and O–H groups in total. The van der Waals surface area contributed by atoms with E-state index in [9.17, 15) is 9.50 Å². The minimum atomic E-state index is -0.433. The summed E-state index contributed by atoms with van der Waals surface area (Å²) in [5.41, 5.74) is 3.09. The number of H-pyrrole nitrogens is 1. The van der Waals surface area contributed by atoms with Crippen molar-refractivity contribution in [2.45, 2.75) is 63.1 Å². The van der Waals surface area contributed by atoms with E-state index < -0.39 is 6.67 Å². The largest absolute Gasteiger partial charge is 0.507 e. The van der Waals surface area contributed by atoms with Crippen LogP contribution in [0.2, 0.25) is 0 Å². The van der Waals surface area contributed by atoms with E-state index in [1.807, 2.05) is 24.3 Å². The number of piperidine rings is 2. The summed E-state index contributed by atoms with van der Waals surface area (Å²) >= 11 is 0. The first kappa shape index (κ1) is 21.8. The van der Waals surface area contributed by atoms with Crippen molar-refractivity contribution in [1.29, 1.82) is 0 Å². The zero-order chi connectivity index (χ0) is 23.1. The number of hydrogen-bond donors (Lipinski definition) is 3. The third kappa shape index (κ3) is 4.31. The molecule has 1 unspecified atom stereocenters. The zero-order valence-corrected chi connectivity index (χ0v) is 19.2. The lowest BCUT2D eigenvalue weighted by molar-refractivity contribution is 0.0767. The Hall–Kier alpha value is -3.00. The fourth-order valence-electron chi connectivity index (χ4n) is 5.89. The van der Waals surface area contributed by atoms with Crippen LogP contribution in [0.15, 0.2) is 42.7 Å². The molecule has 2 fully saturated rings. The van der Waals surface area contributed by atoms with Crippen LogP contribution in [0.1, 0.15) is 46.0 Å². The van der Waals surface area contributed by atoms with Gasteiger partial charge in [-0.3, -0.25) is 5.10 Å². The number of nitrogens with zero attached hydrogens (tertiary/aromatic N) is 4. The molecule has 7 nitrogen and oxygen atoms in total. The van der Waals surface area contributed by atoms with E-state index in [1.54, 1.807) is 18.5 Å². The highest BCUT2D eigenvalue weighted by Crippen LogP contribution is 2.42. The molecule has 0 aliphatic carbocycles. The number of aromatic hydroxyl groups is 1. The number of anilines is 1. The van der Waals surface area contributed by atoms with Gasteiger partial charge in [-0.05, 0) is 75.8 Å². The van der Waals surface area contributed by atoms with Crippen molar-refractivity contribution in [1.82, 2.24) is 25.7 Å². The van der Waals surface area contributed by atoms with Crippen molar-refractivity contribution >= 4 is 5.82 Å². The minimum Gasteiger partial charge on any atom is -0.507 e. The summed E-state index contributed by atoms with van der Waals surface area (Å²) in [4.78, 5) is 2.08. The number of phenolic OH excluding ortho intramolecular Hbond substituents is 1. The summed E-state index contributed by atoms with van der Waals surface area (Å²) in [7, 11) is 0. The maximum atomic E-state index is 13.6. The van der Waals surface area contributed by atoms with Gasteiger partial charge >= 0.3 is 0 Å². The van der Waals surface area contributed by atoms with Crippen molar-refractivity contribution in [2.75, 3.05) is 18.1 Å². The highest BCUT2D eigenvalue weighted by molar-refractivity contribution is 5.73. The molecule has 0 saturated carbocycles. The van der Waals surface area contributed by atoms with E-state index in [0.717, 1.165) is 36.8 Å². The molecular formula is C25H31FN6O. The SMILES string of the molecule is C[C@]12CCC[C@](C)(CC(N(CCF)c3ccc(-c4ccc(-c5cn[nH]c5)cc4O)nn3)C1)N2. The van der Waals surface area contributed by atoms with Gasteiger partial charge in [0.2, 0.25) is 0 Å². The van der Waals surface area contributed by atoms with Crippen molar-refractivity contribution < 1.29 is 9.50 Å². The van der Waals surface area contributed by atoms with Crippen LogP contribution >= 0.6 is 0 Å². The van der Waals surface area contributed by atoms with E-state index in [1.165, 1.54) is 6.42 Å². The summed E-state index contributed by atoms with van der Waals surface area (Å²) in [6, 6.07) is 9.40. The van der Waals surface area contributed by atoms with Gasteiger partial charge < -0.3 is 15.3 Å². The van der Waals surface area contributed by atoms with Crippen LogP contribution in [0.3, 0.4) is 0 Å². The maximum absolute atomic E-state index is 13.6. The first-order valence-electron chi connectivity index (χ1n) is 11.7. The van der Waals surface area contributed by atoms with Gasteiger partial charge in [-0.25, -0.2) is 4.39 Å². The third-order valence-electron chi connectivity index (χ3n) is 7.25. The fraction of sp³-hybridized carbons (Fsp3) is 0.480. The molecule has 0 amide bonds. The highest BCUT2D eigenvalue weighted by Gasteiger charge is 2.47. The van der Waals surface area contributed by atoms with Crippen LogP contribution in [0.5, 0.6) is 5.75 Å². The molecule has 8 heteroatoms. The Morgan fingerprint density at radius 3 is 2.48 bits per heavy atom. The summed E-state index contributed by atoms with van der Waals surface area (Å²) in [6.45, 7) is 4.44. The Kier molecular flexibility index (Phi) is 5.56. The molecule has 0 radical (unpaired) electrons. The molecule has 1 aromatic carbocycles. The van der Waals surface area contributed by atoms with Crippen LogP contribution in [0.25, 0.3) is 22.4 Å². The molecule has 33 heavy (non-hydrogen) atoms. The van der Waals surface area contributed by atoms with Crippen LogP contribution in [-0.2, 0) is 0 Å².